The molecular weight excluding hydrogens is 382 g/mol. The number of aryl methyl sites for hydroxylation is 1. The number of amides is 1. The van der Waals surface area contributed by atoms with Crippen molar-refractivity contribution in [2.45, 2.75) is 30.2 Å². The van der Waals surface area contributed by atoms with Gasteiger partial charge in [-0.2, -0.15) is 0 Å². The number of nitrogens with one attached hydrogen (secondary N) is 1. The Labute approximate surface area is 165 Å². The minimum atomic E-state index is -0.317. The summed E-state index contributed by atoms with van der Waals surface area (Å²) in [5, 5.41) is 2.99. The summed E-state index contributed by atoms with van der Waals surface area (Å²) >= 11 is 1.48. The van der Waals surface area contributed by atoms with Crippen LogP contribution < -0.4 is 5.32 Å². The van der Waals surface area contributed by atoms with Crippen LogP contribution in [0.1, 0.15) is 30.3 Å². The second-order valence-corrected chi connectivity index (χ2v) is 7.65. The quantitative estimate of drug-likeness (QED) is 0.661. The molecule has 3 aromatic rings. The predicted molar refractivity (Wildman–Crippen MR) is 103 cm³/mol. The number of halogens is 2. The van der Waals surface area contributed by atoms with Crippen LogP contribution in [0, 0.1) is 11.6 Å². The van der Waals surface area contributed by atoms with Crippen LogP contribution in [0.2, 0.25) is 0 Å². The molecule has 0 fully saturated rings. The van der Waals surface area contributed by atoms with Gasteiger partial charge in [0.15, 0.2) is 11.7 Å². The van der Waals surface area contributed by atoms with Crippen LogP contribution in [0.15, 0.2) is 58.0 Å². The van der Waals surface area contributed by atoms with E-state index in [1.165, 1.54) is 30.0 Å². The average molecular weight is 400 g/mol. The second kappa shape index (κ2) is 8.14. The Balaban J connectivity index is 1.36. The van der Waals surface area contributed by atoms with Crippen molar-refractivity contribution in [3.8, 4) is 11.3 Å². The molecule has 0 radical (unpaired) electrons. The number of hydrogen-bond donors (Lipinski definition) is 1. The minimum Gasteiger partial charge on any atom is -0.441 e. The van der Waals surface area contributed by atoms with E-state index < -0.39 is 0 Å². The van der Waals surface area contributed by atoms with Crippen LogP contribution in [0.3, 0.4) is 0 Å². The maximum absolute atomic E-state index is 13.9. The largest absolute Gasteiger partial charge is 0.441 e. The normalized spacial score (nSPS) is 15.9. The van der Waals surface area contributed by atoms with Gasteiger partial charge in [-0.05, 0) is 42.3 Å². The van der Waals surface area contributed by atoms with Crippen molar-refractivity contribution in [3.63, 3.8) is 0 Å². The lowest BCUT2D eigenvalue weighted by Gasteiger charge is -2.26. The zero-order valence-corrected chi connectivity index (χ0v) is 15.8. The number of thioether (sulfide) groups is 1. The molecule has 4 nitrogen and oxygen atoms in total. The van der Waals surface area contributed by atoms with E-state index in [2.05, 4.69) is 10.3 Å². The summed E-state index contributed by atoms with van der Waals surface area (Å²) in [7, 11) is 0. The monoisotopic (exact) mass is 400 g/mol. The Morgan fingerprint density at radius 1 is 1.21 bits per heavy atom. The molecule has 1 aliphatic rings. The van der Waals surface area contributed by atoms with Crippen LogP contribution >= 0.6 is 11.8 Å². The molecule has 1 N–H and O–H groups in total. The summed E-state index contributed by atoms with van der Waals surface area (Å²) in [4.78, 5) is 17.2. The number of carbonyl (C=O) groups is 1. The van der Waals surface area contributed by atoms with Gasteiger partial charge in [-0.25, -0.2) is 13.8 Å². The number of fused-ring (bicyclic) bond motifs is 1. The Morgan fingerprint density at radius 2 is 2.04 bits per heavy atom. The zero-order valence-electron chi connectivity index (χ0n) is 15.0. The highest BCUT2D eigenvalue weighted by Crippen LogP contribution is 2.37. The van der Waals surface area contributed by atoms with Crippen molar-refractivity contribution in [2.24, 2.45) is 0 Å². The fraction of sp³-hybridized carbons (Fsp3) is 0.238. The molecule has 0 bridgehead atoms. The van der Waals surface area contributed by atoms with E-state index in [0.29, 0.717) is 23.0 Å². The maximum Gasteiger partial charge on any atom is 0.220 e. The van der Waals surface area contributed by atoms with E-state index in [0.717, 1.165) is 23.3 Å². The number of rotatable bonds is 5. The fourth-order valence-electron chi connectivity index (χ4n) is 3.20. The van der Waals surface area contributed by atoms with Gasteiger partial charge in [0.2, 0.25) is 5.91 Å². The standard InChI is InChI=1S/C21H18F2N2O2S/c22-14-6-4-13(5-7-14)18-12-24-20(27-18)9-8-19(26)25-17-10-11-28-21-15(17)2-1-3-16(21)23/h1-7,12,17H,8-11H2,(H,25,26). The van der Waals surface area contributed by atoms with Gasteiger partial charge in [0.25, 0.3) is 0 Å². The molecule has 0 spiro atoms. The molecule has 2 aromatic carbocycles. The Morgan fingerprint density at radius 3 is 2.86 bits per heavy atom. The van der Waals surface area contributed by atoms with Crippen molar-refractivity contribution in [3.05, 3.63) is 71.8 Å². The maximum atomic E-state index is 13.9. The van der Waals surface area contributed by atoms with Gasteiger partial charge in [-0.1, -0.05) is 12.1 Å². The predicted octanol–water partition coefficient (Wildman–Crippen LogP) is 4.91. The Hall–Kier alpha value is -2.67. The molecule has 144 valence electrons. The Kier molecular flexibility index (Phi) is 5.43. The number of oxazole rings is 1. The molecule has 1 aromatic heterocycles. The number of aromatic nitrogens is 1. The van der Waals surface area contributed by atoms with Gasteiger partial charge >= 0.3 is 0 Å². The van der Waals surface area contributed by atoms with Crippen LogP contribution in [-0.2, 0) is 11.2 Å². The summed E-state index contributed by atoms with van der Waals surface area (Å²) in [6.45, 7) is 0. The van der Waals surface area contributed by atoms with Gasteiger partial charge in [-0.3, -0.25) is 4.79 Å². The van der Waals surface area contributed by atoms with Gasteiger partial charge in [0.1, 0.15) is 11.6 Å². The smallest absolute Gasteiger partial charge is 0.220 e. The van der Waals surface area contributed by atoms with Crippen LogP contribution in [0.4, 0.5) is 8.78 Å². The zero-order chi connectivity index (χ0) is 19.5. The topological polar surface area (TPSA) is 55.1 Å². The van der Waals surface area contributed by atoms with Gasteiger partial charge < -0.3 is 9.73 Å². The first kappa shape index (κ1) is 18.7. The third kappa shape index (κ3) is 4.09. The van der Waals surface area contributed by atoms with Gasteiger partial charge in [0.05, 0.1) is 12.2 Å². The van der Waals surface area contributed by atoms with Gasteiger partial charge in [-0.15, -0.1) is 11.8 Å². The van der Waals surface area contributed by atoms with Crippen LogP contribution in [0.5, 0.6) is 0 Å². The number of benzene rings is 2. The van der Waals surface area contributed by atoms with E-state index >= 15 is 0 Å². The highest BCUT2D eigenvalue weighted by atomic mass is 32.2. The molecule has 1 amide bonds. The summed E-state index contributed by atoms with van der Waals surface area (Å²) in [5.74, 6) is 1.05. The summed E-state index contributed by atoms with van der Waals surface area (Å²) in [6.07, 6.45) is 2.90. The van der Waals surface area contributed by atoms with Crippen molar-refractivity contribution in [1.29, 1.82) is 0 Å². The molecule has 1 aliphatic heterocycles. The summed E-state index contributed by atoms with van der Waals surface area (Å²) in [5.41, 5.74) is 1.56. The molecule has 0 saturated carbocycles. The minimum absolute atomic E-state index is 0.131. The molecule has 2 heterocycles. The van der Waals surface area contributed by atoms with Gasteiger partial charge in [0, 0.05) is 29.1 Å². The SMILES string of the molecule is O=C(CCc1ncc(-c2ccc(F)cc2)o1)NC1CCSc2c(F)cccc21. The molecule has 0 saturated heterocycles. The summed E-state index contributed by atoms with van der Waals surface area (Å²) in [6, 6.07) is 10.7. The lowest BCUT2D eigenvalue weighted by Crippen LogP contribution is -2.31. The van der Waals surface area contributed by atoms with E-state index in [1.807, 2.05) is 6.07 Å². The van der Waals surface area contributed by atoms with Crippen molar-refractivity contribution in [1.82, 2.24) is 10.3 Å². The first-order chi connectivity index (χ1) is 13.6. The lowest BCUT2D eigenvalue weighted by atomic mass is 10.0. The molecule has 1 unspecified atom stereocenters. The third-order valence-electron chi connectivity index (χ3n) is 4.61. The van der Waals surface area contributed by atoms with Crippen LogP contribution in [-0.4, -0.2) is 16.6 Å². The highest BCUT2D eigenvalue weighted by Gasteiger charge is 2.24. The van der Waals surface area contributed by atoms with Crippen molar-refractivity contribution in [2.75, 3.05) is 5.75 Å². The molecule has 28 heavy (non-hydrogen) atoms. The molecule has 4 rings (SSSR count). The van der Waals surface area contributed by atoms with E-state index in [1.54, 1.807) is 24.4 Å². The number of carbonyl (C=O) groups excluding carboxylic acids is 1. The molecule has 0 aliphatic carbocycles. The van der Waals surface area contributed by atoms with E-state index in [9.17, 15) is 13.6 Å². The fourth-order valence-corrected chi connectivity index (χ4v) is 4.34. The molecular formula is C21H18F2N2O2S. The molecule has 7 heteroatoms. The second-order valence-electron chi connectivity index (χ2n) is 6.54. The van der Waals surface area contributed by atoms with Crippen LogP contribution in [0.25, 0.3) is 11.3 Å². The first-order valence-corrected chi connectivity index (χ1v) is 10.00. The van der Waals surface area contributed by atoms with E-state index in [-0.39, 0.29) is 30.0 Å². The third-order valence-corrected chi connectivity index (χ3v) is 5.77. The first-order valence-electron chi connectivity index (χ1n) is 9.01. The highest BCUT2D eigenvalue weighted by molar-refractivity contribution is 7.99. The van der Waals surface area contributed by atoms with Crippen molar-refractivity contribution >= 4 is 17.7 Å². The molecule has 1 atom stereocenters. The Bertz CT molecular complexity index is 988. The van der Waals surface area contributed by atoms with E-state index in [4.69, 9.17) is 4.42 Å². The van der Waals surface area contributed by atoms with Crippen molar-refractivity contribution < 1.29 is 18.0 Å². The average Bonchev–Trinajstić information content (AvgIpc) is 3.17. The lowest BCUT2D eigenvalue weighted by molar-refractivity contribution is -0.121. The summed E-state index contributed by atoms with van der Waals surface area (Å²) < 4.78 is 32.6. The number of hydrogen-bond acceptors (Lipinski definition) is 4. The number of nitrogens with zero attached hydrogens (tertiary/aromatic N) is 1.